The van der Waals surface area contributed by atoms with E-state index in [1.807, 2.05) is 0 Å². The molecule has 0 amide bonds. The van der Waals surface area contributed by atoms with Gasteiger partial charge >= 0.3 is 0 Å². The number of hydrogen-bond acceptors (Lipinski definition) is 2. The molecule has 3 rings (SSSR count). The van der Waals surface area contributed by atoms with Crippen LogP contribution in [0.25, 0.3) is 0 Å². The molecule has 0 aromatic heterocycles. The fraction of sp³-hybridized carbons (Fsp3) is 0.429. The smallest absolute Gasteiger partial charge is 0.0713 e. The van der Waals surface area contributed by atoms with Crippen molar-refractivity contribution < 1.29 is 4.84 Å². The summed E-state index contributed by atoms with van der Waals surface area (Å²) < 4.78 is 0. The van der Waals surface area contributed by atoms with Crippen LogP contribution in [0, 0.1) is 5.92 Å². The molecule has 0 aliphatic heterocycles. The van der Waals surface area contributed by atoms with Gasteiger partial charge in [0.2, 0.25) is 0 Å². The zero-order chi connectivity index (χ0) is 15.7. The summed E-state index contributed by atoms with van der Waals surface area (Å²) in [5, 5.41) is 2.12. The predicted molar refractivity (Wildman–Crippen MR) is 94.7 cm³/mol. The molecular formula is C21H27NO. The average molecular weight is 309 g/mol. The summed E-state index contributed by atoms with van der Waals surface area (Å²) in [5.74, 6) is 0.734. The molecule has 0 saturated heterocycles. The first kappa shape index (κ1) is 16.2. The lowest BCUT2D eigenvalue weighted by atomic mass is 9.90. The van der Waals surface area contributed by atoms with Gasteiger partial charge in [0.15, 0.2) is 0 Å². The molecule has 1 fully saturated rings. The van der Waals surface area contributed by atoms with Crippen LogP contribution in [0.3, 0.4) is 0 Å². The summed E-state index contributed by atoms with van der Waals surface area (Å²) in [6.45, 7) is 2.53. The Morgan fingerprint density at radius 1 is 0.739 bits per heavy atom. The van der Waals surface area contributed by atoms with Crippen LogP contribution in [0.5, 0.6) is 0 Å². The summed E-state index contributed by atoms with van der Waals surface area (Å²) in [4.78, 5) is 6.22. The number of hydroxylamine groups is 2. The van der Waals surface area contributed by atoms with Gasteiger partial charge in [-0.25, -0.2) is 0 Å². The van der Waals surface area contributed by atoms with Gasteiger partial charge in [0, 0.05) is 13.1 Å². The fourth-order valence-corrected chi connectivity index (χ4v) is 3.29. The van der Waals surface area contributed by atoms with Crippen LogP contribution >= 0.6 is 0 Å². The van der Waals surface area contributed by atoms with Gasteiger partial charge in [-0.05, 0) is 29.9 Å². The zero-order valence-electron chi connectivity index (χ0n) is 13.9. The van der Waals surface area contributed by atoms with E-state index in [2.05, 4.69) is 65.7 Å². The topological polar surface area (TPSA) is 12.5 Å². The normalized spacial score (nSPS) is 15.9. The van der Waals surface area contributed by atoms with Crippen LogP contribution in [0.1, 0.15) is 43.2 Å². The van der Waals surface area contributed by atoms with E-state index in [4.69, 9.17) is 4.84 Å². The van der Waals surface area contributed by atoms with Crippen molar-refractivity contribution in [2.24, 2.45) is 5.92 Å². The predicted octanol–water partition coefficient (Wildman–Crippen LogP) is 5.20. The molecule has 0 atom stereocenters. The Bertz CT molecular complexity index is 507. The van der Waals surface area contributed by atoms with Gasteiger partial charge < -0.3 is 0 Å². The third kappa shape index (κ3) is 5.49. The number of rotatable bonds is 7. The first-order valence-electron chi connectivity index (χ1n) is 8.86. The van der Waals surface area contributed by atoms with Crippen LogP contribution in [0.4, 0.5) is 0 Å². The minimum Gasteiger partial charge on any atom is -0.298 e. The molecule has 0 radical (unpaired) electrons. The van der Waals surface area contributed by atoms with Crippen molar-refractivity contribution in [3.8, 4) is 0 Å². The summed E-state index contributed by atoms with van der Waals surface area (Å²) in [7, 11) is 0. The lowest BCUT2D eigenvalue weighted by Crippen LogP contribution is -2.27. The second-order valence-electron chi connectivity index (χ2n) is 6.57. The molecule has 2 heteroatoms. The Kier molecular flexibility index (Phi) is 6.25. The van der Waals surface area contributed by atoms with E-state index in [0.29, 0.717) is 0 Å². The molecule has 1 aliphatic carbocycles. The highest BCUT2D eigenvalue weighted by Crippen LogP contribution is 2.24. The number of hydrogen-bond donors (Lipinski definition) is 0. The summed E-state index contributed by atoms with van der Waals surface area (Å²) in [6, 6.07) is 21.2. The number of benzene rings is 2. The average Bonchev–Trinajstić information content (AvgIpc) is 2.62. The second-order valence-corrected chi connectivity index (χ2v) is 6.57. The zero-order valence-corrected chi connectivity index (χ0v) is 13.9. The molecule has 2 nitrogen and oxygen atoms in total. The van der Waals surface area contributed by atoms with Gasteiger partial charge in [0.05, 0.1) is 6.61 Å². The van der Waals surface area contributed by atoms with E-state index in [-0.39, 0.29) is 0 Å². The monoisotopic (exact) mass is 309 g/mol. The maximum absolute atomic E-state index is 6.22. The third-order valence-corrected chi connectivity index (χ3v) is 4.62. The Morgan fingerprint density at radius 3 is 1.78 bits per heavy atom. The molecule has 1 aliphatic rings. The second kappa shape index (κ2) is 8.85. The highest BCUT2D eigenvalue weighted by molar-refractivity contribution is 5.16. The molecule has 0 unspecified atom stereocenters. The van der Waals surface area contributed by atoms with Gasteiger partial charge in [-0.2, -0.15) is 5.06 Å². The minimum absolute atomic E-state index is 0.734. The SMILES string of the molecule is c1ccc(CN(Cc2ccccc2)OCC2CCCCC2)cc1. The Morgan fingerprint density at radius 2 is 1.26 bits per heavy atom. The molecule has 0 bridgehead atoms. The van der Waals surface area contributed by atoms with E-state index in [1.54, 1.807) is 0 Å². The van der Waals surface area contributed by atoms with Crippen molar-refractivity contribution in [3.05, 3.63) is 71.8 Å². The Labute approximate surface area is 140 Å². The summed E-state index contributed by atoms with van der Waals surface area (Å²) in [6.07, 6.45) is 6.78. The van der Waals surface area contributed by atoms with Crippen molar-refractivity contribution in [1.29, 1.82) is 0 Å². The largest absolute Gasteiger partial charge is 0.298 e. The quantitative estimate of drug-likeness (QED) is 0.652. The van der Waals surface area contributed by atoms with Crippen LogP contribution in [0.15, 0.2) is 60.7 Å². The lowest BCUT2D eigenvalue weighted by molar-refractivity contribution is -0.185. The van der Waals surface area contributed by atoms with E-state index in [1.165, 1.54) is 43.2 Å². The van der Waals surface area contributed by atoms with Crippen LogP contribution in [-0.4, -0.2) is 11.7 Å². The van der Waals surface area contributed by atoms with Crippen LogP contribution in [0.2, 0.25) is 0 Å². The first-order chi connectivity index (χ1) is 11.4. The highest BCUT2D eigenvalue weighted by Gasteiger charge is 2.16. The van der Waals surface area contributed by atoms with Crippen molar-refractivity contribution in [1.82, 2.24) is 5.06 Å². The van der Waals surface area contributed by atoms with Gasteiger partial charge in [-0.15, -0.1) is 0 Å². The molecule has 1 saturated carbocycles. The van der Waals surface area contributed by atoms with E-state index in [0.717, 1.165) is 25.6 Å². The van der Waals surface area contributed by atoms with Crippen LogP contribution < -0.4 is 0 Å². The van der Waals surface area contributed by atoms with E-state index >= 15 is 0 Å². The van der Waals surface area contributed by atoms with Crippen molar-refractivity contribution in [2.75, 3.05) is 6.61 Å². The van der Waals surface area contributed by atoms with Gasteiger partial charge in [-0.3, -0.25) is 4.84 Å². The maximum Gasteiger partial charge on any atom is 0.0713 e. The standard InChI is InChI=1S/C21H27NO/c1-4-10-19(11-5-1)16-22(17-20-12-6-2-7-13-20)23-18-21-14-8-3-9-15-21/h1-2,4-7,10-13,21H,3,8-9,14-18H2. The Balaban J connectivity index is 1.60. The van der Waals surface area contributed by atoms with Crippen molar-refractivity contribution in [2.45, 2.75) is 45.2 Å². The molecule has 0 spiro atoms. The highest BCUT2D eigenvalue weighted by atomic mass is 16.7. The molecule has 2 aromatic rings. The molecule has 23 heavy (non-hydrogen) atoms. The van der Waals surface area contributed by atoms with E-state index in [9.17, 15) is 0 Å². The molecule has 2 aromatic carbocycles. The van der Waals surface area contributed by atoms with Crippen molar-refractivity contribution in [3.63, 3.8) is 0 Å². The van der Waals surface area contributed by atoms with E-state index < -0.39 is 0 Å². The fourth-order valence-electron chi connectivity index (χ4n) is 3.29. The maximum atomic E-state index is 6.22. The third-order valence-electron chi connectivity index (χ3n) is 4.62. The molecule has 122 valence electrons. The Hall–Kier alpha value is -1.64. The molecule has 0 heterocycles. The summed E-state index contributed by atoms with van der Waals surface area (Å²) in [5.41, 5.74) is 2.60. The van der Waals surface area contributed by atoms with Gasteiger partial charge in [0.25, 0.3) is 0 Å². The summed E-state index contributed by atoms with van der Waals surface area (Å²) >= 11 is 0. The first-order valence-corrected chi connectivity index (χ1v) is 8.86. The van der Waals surface area contributed by atoms with Gasteiger partial charge in [-0.1, -0.05) is 79.9 Å². The van der Waals surface area contributed by atoms with Crippen molar-refractivity contribution >= 4 is 0 Å². The molecular weight excluding hydrogens is 282 g/mol. The minimum atomic E-state index is 0.734. The molecule has 0 N–H and O–H groups in total. The lowest BCUT2D eigenvalue weighted by Gasteiger charge is -2.27. The van der Waals surface area contributed by atoms with Crippen LogP contribution in [-0.2, 0) is 17.9 Å². The van der Waals surface area contributed by atoms with Gasteiger partial charge in [0.1, 0.15) is 0 Å². The number of nitrogens with zero attached hydrogens (tertiary/aromatic N) is 1.